The summed E-state index contributed by atoms with van der Waals surface area (Å²) in [7, 11) is 0. The topological polar surface area (TPSA) is 60.5 Å². The van der Waals surface area contributed by atoms with Crippen molar-refractivity contribution < 1.29 is 14.3 Å². The molecule has 2 rings (SSSR count). The highest BCUT2D eigenvalue weighted by atomic mass is 16.5. The molecule has 22 heavy (non-hydrogen) atoms. The van der Waals surface area contributed by atoms with E-state index < -0.39 is 5.60 Å². The van der Waals surface area contributed by atoms with Gasteiger partial charge in [-0.3, -0.25) is 4.79 Å². The number of pyridine rings is 1. The van der Waals surface area contributed by atoms with Crippen molar-refractivity contribution in [1.82, 2.24) is 4.98 Å². The average Bonchev–Trinajstić information content (AvgIpc) is 3.33. The Balaban J connectivity index is 2.09. The normalized spacial score (nSPS) is 16.9. The van der Waals surface area contributed by atoms with Crippen LogP contribution in [0.5, 0.6) is 5.88 Å². The van der Waals surface area contributed by atoms with Gasteiger partial charge in [0.2, 0.25) is 5.88 Å². The summed E-state index contributed by atoms with van der Waals surface area (Å²) in [5.74, 6) is 0.803. The number of hydrogen-bond acceptors (Lipinski definition) is 4. The minimum absolute atomic E-state index is 0.0856. The molecule has 0 saturated heterocycles. The minimum atomic E-state index is -0.749. The Bertz CT molecular complexity index is 529. The number of nitrogens with zero attached hydrogens (tertiary/aromatic N) is 1. The maximum atomic E-state index is 12.7. The Morgan fingerprint density at radius 3 is 2.68 bits per heavy atom. The number of hydrogen-bond donors (Lipinski definition) is 1. The lowest BCUT2D eigenvalue weighted by molar-refractivity contribution is -0.142. The van der Waals surface area contributed by atoms with Crippen LogP contribution in [0.15, 0.2) is 12.1 Å². The van der Waals surface area contributed by atoms with E-state index in [9.17, 15) is 4.79 Å². The van der Waals surface area contributed by atoms with Crippen LogP contribution in [0.4, 0.5) is 5.69 Å². The number of anilines is 1. The van der Waals surface area contributed by atoms with Crippen molar-refractivity contribution in [2.24, 2.45) is 5.92 Å². The molecule has 122 valence electrons. The van der Waals surface area contributed by atoms with Gasteiger partial charge in [0.05, 0.1) is 18.0 Å². The molecule has 1 aromatic rings. The summed E-state index contributed by atoms with van der Waals surface area (Å²) < 4.78 is 11.2. The average molecular weight is 306 g/mol. The highest BCUT2D eigenvalue weighted by Crippen LogP contribution is 2.42. The van der Waals surface area contributed by atoms with Gasteiger partial charge < -0.3 is 14.8 Å². The van der Waals surface area contributed by atoms with Gasteiger partial charge >= 0.3 is 0 Å². The first-order chi connectivity index (χ1) is 10.5. The number of nitrogens with one attached hydrogen (secondary N) is 1. The fourth-order valence-electron chi connectivity index (χ4n) is 2.46. The zero-order valence-corrected chi connectivity index (χ0v) is 13.9. The summed E-state index contributed by atoms with van der Waals surface area (Å²) in [5, 5.41) is 2.97. The van der Waals surface area contributed by atoms with Crippen molar-refractivity contribution in [3.8, 4) is 5.88 Å². The van der Waals surface area contributed by atoms with Crippen LogP contribution >= 0.6 is 0 Å². The molecule has 0 bridgehead atoms. The van der Waals surface area contributed by atoms with Crippen molar-refractivity contribution in [3.63, 3.8) is 0 Å². The maximum absolute atomic E-state index is 12.7. The van der Waals surface area contributed by atoms with Gasteiger partial charge in [-0.2, -0.15) is 0 Å². The van der Waals surface area contributed by atoms with Gasteiger partial charge in [0, 0.05) is 12.7 Å². The molecule has 5 nitrogen and oxygen atoms in total. The third kappa shape index (κ3) is 3.77. The molecular formula is C17H26N2O3. The molecule has 1 N–H and O–H groups in total. The number of ether oxygens (including phenoxy) is 2. The van der Waals surface area contributed by atoms with Crippen molar-refractivity contribution in [1.29, 1.82) is 0 Å². The second-order valence-electron chi connectivity index (χ2n) is 5.90. The van der Waals surface area contributed by atoms with Gasteiger partial charge in [0.1, 0.15) is 5.60 Å². The number of amides is 1. The lowest BCUT2D eigenvalue weighted by Crippen LogP contribution is -2.45. The summed E-state index contributed by atoms with van der Waals surface area (Å²) in [5.41, 5.74) is 0.703. The number of aryl methyl sites for hydroxylation is 1. The number of carbonyl (C=O) groups is 1. The Morgan fingerprint density at radius 2 is 2.14 bits per heavy atom. The second kappa shape index (κ2) is 7.09. The molecule has 5 heteroatoms. The summed E-state index contributed by atoms with van der Waals surface area (Å²) in [6.07, 6.45) is 3.00. The van der Waals surface area contributed by atoms with Crippen molar-refractivity contribution in [2.45, 2.75) is 52.6 Å². The molecule has 1 amide bonds. The lowest BCUT2D eigenvalue weighted by atomic mass is 9.98. The van der Waals surface area contributed by atoms with E-state index in [1.54, 1.807) is 6.07 Å². The SMILES string of the molecule is CCCOC(C)(C(=O)Nc1ccc(OCC)nc1C)C1CC1. The number of aromatic nitrogens is 1. The smallest absolute Gasteiger partial charge is 0.256 e. The highest BCUT2D eigenvalue weighted by Gasteiger charge is 2.48. The van der Waals surface area contributed by atoms with Crippen LogP contribution in [0, 0.1) is 12.8 Å². The summed E-state index contributed by atoms with van der Waals surface area (Å²) in [6, 6.07) is 3.60. The summed E-state index contributed by atoms with van der Waals surface area (Å²) in [6.45, 7) is 8.89. The number of rotatable bonds is 8. The van der Waals surface area contributed by atoms with Crippen LogP contribution in [0.25, 0.3) is 0 Å². The van der Waals surface area contributed by atoms with E-state index >= 15 is 0 Å². The largest absolute Gasteiger partial charge is 0.478 e. The van der Waals surface area contributed by atoms with E-state index in [1.807, 2.05) is 33.8 Å². The molecule has 0 aromatic carbocycles. The van der Waals surface area contributed by atoms with Crippen molar-refractivity contribution >= 4 is 11.6 Å². The third-order valence-electron chi connectivity index (χ3n) is 4.01. The van der Waals surface area contributed by atoms with Gasteiger partial charge in [-0.05, 0) is 52.0 Å². The van der Waals surface area contributed by atoms with Crippen LogP contribution in [-0.2, 0) is 9.53 Å². The van der Waals surface area contributed by atoms with Gasteiger partial charge in [-0.25, -0.2) is 4.98 Å². The first kappa shape index (κ1) is 16.7. The molecule has 0 radical (unpaired) electrons. The zero-order valence-electron chi connectivity index (χ0n) is 13.9. The predicted molar refractivity (Wildman–Crippen MR) is 86.1 cm³/mol. The highest BCUT2D eigenvalue weighted by molar-refractivity contribution is 5.98. The van der Waals surface area contributed by atoms with E-state index in [4.69, 9.17) is 9.47 Å². The quantitative estimate of drug-likeness (QED) is 0.800. The lowest BCUT2D eigenvalue weighted by Gasteiger charge is -2.29. The van der Waals surface area contributed by atoms with E-state index in [-0.39, 0.29) is 5.91 Å². The minimum Gasteiger partial charge on any atom is -0.478 e. The Hall–Kier alpha value is -1.62. The van der Waals surface area contributed by atoms with Crippen LogP contribution in [0.1, 0.15) is 45.7 Å². The van der Waals surface area contributed by atoms with Gasteiger partial charge in [-0.15, -0.1) is 0 Å². The monoisotopic (exact) mass is 306 g/mol. The van der Waals surface area contributed by atoms with Crippen LogP contribution in [-0.4, -0.2) is 29.7 Å². The standard InChI is InChI=1S/C17H26N2O3/c1-5-11-22-17(4,13-7-8-13)16(20)19-14-9-10-15(21-6-2)18-12(14)3/h9-10,13H,5-8,11H2,1-4H3,(H,19,20). The first-order valence-corrected chi connectivity index (χ1v) is 8.07. The molecular weight excluding hydrogens is 280 g/mol. The van der Waals surface area contributed by atoms with Crippen molar-refractivity contribution in [3.05, 3.63) is 17.8 Å². The fourth-order valence-corrected chi connectivity index (χ4v) is 2.46. The molecule has 1 aliphatic rings. The molecule has 1 aromatic heterocycles. The third-order valence-corrected chi connectivity index (χ3v) is 4.01. The molecule has 1 saturated carbocycles. The van der Waals surface area contributed by atoms with Gasteiger partial charge in [0.15, 0.2) is 0 Å². The first-order valence-electron chi connectivity index (χ1n) is 8.07. The van der Waals surface area contributed by atoms with E-state index in [1.165, 1.54) is 0 Å². The Kier molecular flexibility index (Phi) is 5.40. The molecule has 0 spiro atoms. The second-order valence-corrected chi connectivity index (χ2v) is 5.90. The zero-order chi connectivity index (χ0) is 16.2. The van der Waals surface area contributed by atoms with E-state index in [2.05, 4.69) is 10.3 Å². The molecule has 1 heterocycles. The predicted octanol–water partition coefficient (Wildman–Crippen LogP) is 3.32. The van der Waals surface area contributed by atoms with Crippen LogP contribution < -0.4 is 10.1 Å². The molecule has 1 atom stereocenters. The fraction of sp³-hybridized carbons (Fsp3) is 0.647. The van der Waals surface area contributed by atoms with E-state index in [0.29, 0.717) is 30.7 Å². The Labute approximate surface area is 132 Å². The van der Waals surface area contributed by atoms with E-state index in [0.717, 1.165) is 25.0 Å². The van der Waals surface area contributed by atoms with Gasteiger partial charge in [-0.1, -0.05) is 6.92 Å². The maximum Gasteiger partial charge on any atom is 0.256 e. The van der Waals surface area contributed by atoms with Crippen molar-refractivity contribution in [2.75, 3.05) is 18.5 Å². The molecule has 1 fully saturated rings. The van der Waals surface area contributed by atoms with Crippen LogP contribution in [0.2, 0.25) is 0 Å². The molecule has 1 unspecified atom stereocenters. The summed E-state index contributed by atoms with van der Waals surface area (Å²) >= 11 is 0. The summed E-state index contributed by atoms with van der Waals surface area (Å²) in [4.78, 5) is 17.0. The van der Waals surface area contributed by atoms with Crippen LogP contribution in [0.3, 0.4) is 0 Å². The van der Waals surface area contributed by atoms with Gasteiger partial charge in [0.25, 0.3) is 5.91 Å². The Morgan fingerprint density at radius 1 is 1.41 bits per heavy atom. The molecule has 0 aliphatic heterocycles. The molecule has 1 aliphatic carbocycles. The number of carbonyl (C=O) groups excluding carboxylic acids is 1.